The lowest BCUT2D eigenvalue weighted by Crippen LogP contribution is -2.36. The molecule has 2 aromatic rings. The fourth-order valence-corrected chi connectivity index (χ4v) is 3.29. The molecule has 1 aliphatic rings. The zero-order valence-electron chi connectivity index (χ0n) is 17.4. The summed E-state index contributed by atoms with van der Waals surface area (Å²) in [6, 6.07) is 13.9. The first-order valence-corrected chi connectivity index (χ1v) is 10.3. The Labute approximate surface area is 173 Å². The number of rotatable bonds is 7. The van der Waals surface area contributed by atoms with Crippen molar-refractivity contribution in [2.24, 2.45) is 4.99 Å². The van der Waals surface area contributed by atoms with Crippen LogP contribution in [0.4, 0.5) is 4.39 Å². The molecule has 0 unspecified atom stereocenters. The first-order chi connectivity index (χ1) is 14.1. The van der Waals surface area contributed by atoms with Gasteiger partial charge in [-0.1, -0.05) is 36.4 Å². The van der Waals surface area contributed by atoms with Crippen molar-refractivity contribution in [3.8, 4) is 0 Å². The van der Waals surface area contributed by atoms with E-state index in [1.165, 1.54) is 11.1 Å². The number of hydrogen-bond acceptors (Lipinski definition) is 3. The zero-order chi connectivity index (χ0) is 20.5. The highest BCUT2D eigenvalue weighted by Crippen LogP contribution is 2.11. The lowest BCUT2D eigenvalue weighted by Gasteiger charge is -2.26. The Balaban J connectivity index is 1.58. The van der Waals surface area contributed by atoms with E-state index in [-0.39, 0.29) is 5.82 Å². The molecular formula is C23H31FN4O. The van der Waals surface area contributed by atoms with Crippen LogP contribution in [0.25, 0.3) is 0 Å². The van der Waals surface area contributed by atoms with E-state index >= 15 is 0 Å². The molecule has 1 fully saturated rings. The Hall–Kier alpha value is -2.44. The maximum Gasteiger partial charge on any atom is 0.191 e. The molecule has 0 aliphatic carbocycles. The molecule has 2 aromatic carbocycles. The molecule has 0 saturated carbocycles. The number of halogens is 1. The second-order valence-electron chi connectivity index (χ2n) is 7.34. The monoisotopic (exact) mass is 398 g/mol. The van der Waals surface area contributed by atoms with Crippen LogP contribution in [0.3, 0.4) is 0 Å². The number of morpholine rings is 1. The first-order valence-electron chi connectivity index (χ1n) is 10.3. The van der Waals surface area contributed by atoms with Gasteiger partial charge in [-0.3, -0.25) is 4.90 Å². The van der Waals surface area contributed by atoms with Crippen LogP contribution < -0.4 is 10.6 Å². The second-order valence-corrected chi connectivity index (χ2v) is 7.34. The van der Waals surface area contributed by atoms with Crippen LogP contribution >= 0.6 is 0 Å². The molecule has 1 saturated heterocycles. The van der Waals surface area contributed by atoms with Gasteiger partial charge in [-0.15, -0.1) is 0 Å². The molecule has 1 heterocycles. The Bertz CT molecular complexity index is 818. The third-order valence-electron chi connectivity index (χ3n) is 4.96. The van der Waals surface area contributed by atoms with E-state index in [0.717, 1.165) is 50.9 Å². The van der Waals surface area contributed by atoms with E-state index in [1.807, 2.05) is 13.0 Å². The maximum atomic E-state index is 13.7. The largest absolute Gasteiger partial charge is 0.379 e. The van der Waals surface area contributed by atoms with Gasteiger partial charge in [0.25, 0.3) is 0 Å². The topological polar surface area (TPSA) is 48.9 Å². The molecule has 0 radical (unpaired) electrons. The van der Waals surface area contributed by atoms with Crippen molar-refractivity contribution in [3.05, 3.63) is 70.5 Å². The lowest BCUT2D eigenvalue weighted by atomic mass is 10.1. The molecule has 6 heteroatoms. The smallest absolute Gasteiger partial charge is 0.191 e. The van der Waals surface area contributed by atoms with Crippen molar-refractivity contribution >= 4 is 5.96 Å². The van der Waals surface area contributed by atoms with Crippen LogP contribution in [0.2, 0.25) is 0 Å². The van der Waals surface area contributed by atoms with Gasteiger partial charge in [-0.2, -0.15) is 0 Å². The van der Waals surface area contributed by atoms with Crippen LogP contribution in [-0.2, 0) is 24.4 Å². The Morgan fingerprint density at radius 1 is 1.07 bits per heavy atom. The standard InChI is InChI=1S/C23H31FN4O/c1-3-25-23(27-16-20-8-7-18(2)22(24)14-20)26-15-19-5-4-6-21(13-19)17-28-9-11-29-12-10-28/h4-8,13-14H,3,9-12,15-17H2,1-2H3,(H2,25,26,27). The summed E-state index contributed by atoms with van der Waals surface area (Å²) in [7, 11) is 0. The second kappa shape index (κ2) is 10.9. The summed E-state index contributed by atoms with van der Waals surface area (Å²) >= 11 is 0. The summed E-state index contributed by atoms with van der Waals surface area (Å²) in [5.74, 6) is 0.551. The fourth-order valence-electron chi connectivity index (χ4n) is 3.29. The van der Waals surface area contributed by atoms with E-state index in [1.54, 1.807) is 19.1 Å². The number of guanidine groups is 1. The minimum atomic E-state index is -0.177. The number of hydrogen-bond donors (Lipinski definition) is 2. The summed E-state index contributed by atoms with van der Waals surface area (Å²) < 4.78 is 19.2. The minimum absolute atomic E-state index is 0.177. The number of aliphatic imine (C=N–C) groups is 1. The average molecular weight is 399 g/mol. The molecule has 0 spiro atoms. The normalized spacial score (nSPS) is 15.3. The van der Waals surface area contributed by atoms with E-state index in [9.17, 15) is 4.39 Å². The third-order valence-corrected chi connectivity index (χ3v) is 4.96. The zero-order valence-corrected chi connectivity index (χ0v) is 17.4. The van der Waals surface area contributed by atoms with E-state index in [0.29, 0.717) is 18.7 Å². The number of aryl methyl sites for hydroxylation is 1. The lowest BCUT2D eigenvalue weighted by molar-refractivity contribution is 0.0342. The van der Waals surface area contributed by atoms with Crippen molar-refractivity contribution < 1.29 is 9.13 Å². The van der Waals surface area contributed by atoms with E-state index in [4.69, 9.17) is 9.73 Å². The molecule has 1 aliphatic heterocycles. The summed E-state index contributed by atoms with van der Waals surface area (Å²) in [6.45, 7) is 10.2. The number of nitrogens with zero attached hydrogens (tertiary/aromatic N) is 2. The molecule has 2 N–H and O–H groups in total. The molecule has 3 rings (SSSR count). The molecule has 29 heavy (non-hydrogen) atoms. The van der Waals surface area contributed by atoms with Gasteiger partial charge in [0.2, 0.25) is 0 Å². The maximum absolute atomic E-state index is 13.7. The summed E-state index contributed by atoms with van der Waals surface area (Å²) in [4.78, 5) is 7.11. The Morgan fingerprint density at radius 2 is 1.86 bits per heavy atom. The number of ether oxygens (including phenoxy) is 1. The van der Waals surface area contributed by atoms with Crippen molar-refractivity contribution in [2.75, 3.05) is 32.8 Å². The molecule has 5 nitrogen and oxygen atoms in total. The van der Waals surface area contributed by atoms with Crippen LogP contribution in [0.5, 0.6) is 0 Å². The molecule has 0 aromatic heterocycles. The highest BCUT2D eigenvalue weighted by molar-refractivity contribution is 5.79. The summed E-state index contributed by atoms with van der Waals surface area (Å²) in [6.07, 6.45) is 0. The summed E-state index contributed by atoms with van der Waals surface area (Å²) in [5, 5.41) is 6.54. The molecule has 0 atom stereocenters. The van der Waals surface area contributed by atoms with Gasteiger partial charge in [0, 0.05) is 32.7 Å². The molecule has 156 valence electrons. The van der Waals surface area contributed by atoms with Crippen LogP contribution in [-0.4, -0.2) is 43.7 Å². The Morgan fingerprint density at radius 3 is 2.62 bits per heavy atom. The first kappa shape index (κ1) is 21.3. The van der Waals surface area contributed by atoms with Crippen LogP contribution in [0.15, 0.2) is 47.5 Å². The van der Waals surface area contributed by atoms with Crippen molar-refractivity contribution in [2.45, 2.75) is 33.5 Å². The quantitative estimate of drug-likeness (QED) is 0.555. The van der Waals surface area contributed by atoms with E-state index in [2.05, 4.69) is 39.8 Å². The van der Waals surface area contributed by atoms with Crippen LogP contribution in [0, 0.1) is 12.7 Å². The minimum Gasteiger partial charge on any atom is -0.379 e. The fraction of sp³-hybridized carbons (Fsp3) is 0.435. The van der Waals surface area contributed by atoms with Gasteiger partial charge in [-0.05, 0) is 42.2 Å². The number of benzene rings is 2. The SMILES string of the molecule is CCNC(=NCc1cccc(CN2CCOCC2)c1)NCc1ccc(C)c(F)c1. The molecular weight excluding hydrogens is 367 g/mol. The van der Waals surface area contributed by atoms with Gasteiger partial charge in [0.15, 0.2) is 5.96 Å². The average Bonchev–Trinajstić information content (AvgIpc) is 2.73. The predicted molar refractivity (Wildman–Crippen MR) is 115 cm³/mol. The highest BCUT2D eigenvalue weighted by atomic mass is 19.1. The Kier molecular flexibility index (Phi) is 8.02. The van der Waals surface area contributed by atoms with E-state index < -0.39 is 0 Å². The van der Waals surface area contributed by atoms with Crippen molar-refractivity contribution in [3.63, 3.8) is 0 Å². The van der Waals surface area contributed by atoms with Crippen molar-refractivity contribution in [1.82, 2.24) is 15.5 Å². The predicted octanol–water partition coefficient (Wildman–Crippen LogP) is 3.22. The van der Waals surface area contributed by atoms with Gasteiger partial charge >= 0.3 is 0 Å². The van der Waals surface area contributed by atoms with Gasteiger partial charge in [0.05, 0.1) is 19.8 Å². The number of nitrogens with one attached hydrogen (secondary N) is 2. The van der Waals surface area contributed by atoms with Gasteiger partial charge < -0.3 is 15.4 Å². The van der Waals surface area contributed by atoms with Gasteiger partial charge in [0.1, 0.15) is 5.82 Å². The van der Waals surface area contributed by atoms with Crippen LogP contribution in [0.1, 0.15) is 29.2 Å². The van der Waals surface area contributed by atoms with Crippen molar-refractivity contribution in [1.29, 1.82) is 0 Å². The third kappa shape index (κ3) is 6.84. The highest BCUT2D eigenvalue weighted by Gasteiger charge is 2.10. The summed E-state index contributed by atoms with van der Waals surface area (Å²) in [5.41, 5.74) is 4.03. The molecule has 0 amide bonds. The molecule has 0 bridgehead atoms. The van der Waals surface area contributed by atoms with Gasteiger partial charge in [-0.25, -0.2) is 9.38 Å².